The summed E-state index contributed by atoms with van der Waals surface area (Å²) in [7, 11) is 0. The highest BCUT2D eigenvalue weighted by Crippen LogP contribution is 2.40. The van der Waals surface area contributed by atoms with Crippen molar-refractivity contribution in [3.63, 3.8) is 0 Å². The van der Waals surface area contributed by atoms with Crippen LogP contribution in [0.3, 0.4) is 0 Å². The first-order chi connectivity index (χ1) is 16.6. The van der Waals surface area contributed by atoms with E-state index in [0.717, 1.165) is 55.9 Å². The molecule has 0 saturated carbocycles. The lowest BCUT2D eigenvalue weighted by atomic mass is 9.86. The van der Waals surface area contributed by atoms with Crippen LogP contribution in [0.25, 0.3) is 11.1 Å². The van der Waals surface area contributed by atoms with E-state index in [1.807, 2.05) is 6.07 Å². The van der Waals surface area contributed by atoms with Crippen molar-refractivity contribution >= 4 is 22.7 Å². The number of hydrogen-bond acceptors (Lipinski definition) is 1. The quantitative estimate of drug-likeness (QED) is 0.338. The Hall–Kier alpha value is -2.42. The normalized spacial score (nSPS) is 16.8. The van der Waals surface area contributed by atoms with Gasteiger partial charge in [0.15, 0.2) is 0 Å². The van der Waals surface area contributed by atoms with Gasteiger partial charge in [-0.25, -0.2) is 0 Å². The molecule has 1 aliphatic carbocycles. The van der Waals surface area contributed by atoms with Crippen molar-refractivity contribution in [2.45, 2.75) is 39.0 Å². The number of nitrogens with zero attached hydrogens (tertiary/aromatic N) is 1. The molecule has 0 unspecified atom stereocenters. The zero-order valence-corrected chi connectivity index (χ0v) is 20.8. The maximum Gasteiger partial charge on any atom is 0.0906 e. The molecule has 1 nitrogen and oxygen atoms in total. The van der Waals surface area contributed by atoms with Gasteiger partial charge in [0.25, 0.3) is 0 Å². The Bertz CT molecular complexity index is 1170. The fourth-order valence-corrected chi connectivity index (χ4v) is 5.71. The fraction of sp³-hybridized carbons (Fsp3) is 0.355. The first kappa shape index (κ1) is 23.3. The lowest BCUT2D eigenvalue weighted by Gasteiger charge is -2.39. The molecule has 5 rings (SSSR count). The van der Waals surface area contributed by atoms with Gasteiger partial charge in [-0.1, -0.05) is 72.3 Å². The Kier molecular flexibility index (Phi) is 7.18. The van der Waals surface area contributed by atoms with Gasteiger partial charge in [-0.3, -0.25) is 4.39 Å². The van der Waals surface area contributed by atoms with Crippen LogP contribution in [0.4, 0.5) is 4.39 Å². The standard InChI is InChI=1S/C31H33ClFN/c1-22-18-27(14-15-30(22)32)29-9-4-7-25-6-2-3-8-28(25)31(29)26-12-10-23(11-13-26)19-24-20-34(21-24)17-5-16-33/h2-3,6,8,10-15,18,24H,4-5,7,9,16-17,19-21H2,1H3. The maximum atomic E-state index is 12.4. The van der Waals surface area contributed by atoms with Crippen molar-refractivity contribution in [3.8, 4) is 0 Å². The van der Waals surface area contributed by atoms with E-state index in [-0.39, 0.29) is 6.67 Å². The van der Waals surface area contributed by atoms with Gasteiger partial charge in [-0.05, 0) is 95.5 Å². The number of benzene rings is 3. The molecule has 0 N–H and O–H groups in total. The van der Waals surface area contributed by atoms with Crippen molar-refractivity contribution in [1.82, 2.24) is 4.90 Å². The molecule has 3 aromatic rings. The highest BCUT2D eigenvalue weighted by Gasteiger charge is 2.26. The van der Waals surface area contributed by atoms with E-state index in [2.05, 4.69) is 72.5 Å². The predicted molar refractivity (Wildman–Crippen MR) is 142 cm³/mol. The number of aryl methyl sites for hydroxylation is 2. The van der Waals surface area contributed by atoms with E-state index >= 15 is 0 Å². The van der Waals surface area contributed by atoms with Gasteiger partial charge < -0.3 is 4.90 Å². The molecule has 3 heteroatoms. The molecule has 2 aliphatic rings. The lowest BCUT2D eigenvalue weighted by molar-refractivity contribution is 0.0968. The smallest absolute Gasteiger partial charge is 0.0906 e. The van der Waals surface area contributed by atoms with Crippen LogP contribution in [0.1, 0.15) is 52.6 Å². The van der Waals surface area contributed by atoms with Gasteiger partial charge in [0.05, 0.1) is 6.67 Å². The minimum Gasteiger partial charge on any atom is -0.303 e. The van der Waals surface area contributed by atoms with Gasteiger partial charge in [-0.15, -0.1) is 0 Å². The molecule has 0 radical (unpaired) electrons. The number of alkyl halides is 1. The Morgan fingerprint density at radius 2 is 1.71 bits per heavy atom. The predicted octanol–water partition coefficient (Wildman–Crippen LogP) is 7.78. The largest absolute Gasteiger partial charge is 0.303 e. The number of halogens is 2. The summed E-state index contributed by atoms with van der Waals surface area (Å²) in [5.41, 5.74) is 10.7. The molecule has 1 fully saturated rings. The molecule has 34 heavy (non-hydrogen) atoms. The Balaban J connectivity index is 1.46. The second-order valence-electron chi connectivity index (χ2n) is 9.90. The van der Waals surface area contributed by atoms with Crippen molar-refractivity contribution in [2.24, 2.45) is 5.92 Å². The zero-order chi connectivity index (χ0) is 23.5. The minimum absolute atomic E-state index is 0.209. The molecule has 0 bridgehead atoms. The Morgan fingerprint density at radius 1 is 0.941 bits per heavy atom. The van der Waals surface area contributed by atoms with Crippen molar-refractivity contribution in [1.29, 1.82) is 0 Å². The summed E-state index contributed by atoms with van der Waals surface area (Å²) in [6, 6.07) is 24.6. The average Bonchev–Trinajstić information content (AvgIpc) is 3.02. The van der Waals surface area contributed by atoms with Crippen molar-refractivity contribution in [2.75, 3.05) is 26.3 Å². The van der Waals surface area contributed by atoms with Gasteiger partial charge in [-0.2, -0.15) is 0 Å². The van der Waals surface area contributed by atoms with E-state index in [1.54, 1.807) is 0 Å². The number of hydrogen-bond donors (Lipinski definition) is 0. The Morgan fingerprint density at radius 3 is 2.47 bits per heavy atom. The van der Waals surface area contributed by atoms with Crippen molar-refractivity contribution in [3.05, 3.63) is 105 Å². The van der Waals surface area contributed by atoms with Gasteiger partial charge in [0.1, 0.15) is 0 Å². The number of likely N-dealkylation sites (tertiary alicyclic amines) is 1. The summed E-state index contributed by atoms with van der Waals surface area (Å²) >= 11 is 6.36. The number of rotatable bonds is 7. The van der Waals surface area contributed by atoms with E-state index in [9.17, 15) is 4.39 Å². The molecule has 176 valence electrons. The third kappa shape index (κ3) is 4.99. The van der Waals surface area contributed by atoms with Crippen LogP contribution < -0.4 is 0 Å². The summed E-state index contributed by atoms with van der Waals surface area (Å²) < 4.78 is 12.4. The minimum atomic E-state index is -0.209. The molecule has 0 spiro atoms. The molecule has 3 aromatic carbocycles. The van der Waals surface area contributed by atoms with Crippen LogP contribution in [-0.2, 0) is 12.8 Å². The average molecular weight is 474 g/mol. The number of fused-ring (bicyclic) bond motifs is 1. The Labute approximate surface area is 208 Å². The van der Waals surface area contributed by atoms with Crippen LogP contribution in [0, 0.1) is 12.8 Å². The number of allylic oxidation sites excluding steroid dienone is 1. The van der Waals surface area contributed by atoms with E-state index in [0.29, 0.717) is 12.3 Å². The molecule has 1 saturated heterocycles. The molecule has 1 aliphatic heterocycles. The second kappa shape index (κ2) is 10.5. The molecule has 0 atom stereocenters. The first-order valence-corrected chi connectivity index (χ1v) is 13.0. The molecular formula is C31H33ClFN. The molecule has 0 amide bonds. The monoisotopic (exact) mass is 473 g/mol. The van der Waals surface area contributed by atoms with Crippen LogP contribution in [-0.4, -0.2) is 31.2 Å². The third-order valence-corrected chi connectivity index (χ3v) is 7.80. The topological polar surface area (TPSA) is 3.24 Å². The SMILES string of the molecule is Cc1cc(C2=C(c3ccc(CC4CN(CCCF)C4)cc3)c3ccccc3CCC2)ccc1Cl. The van der Waals surface area contributed by atoms with Gasteiger partial charge >= 0.3 is 0 Å². The molecule has 1 heterocycles. The third-order valence-electron chi connectivity index (χ3n) is 7.38. The maximum absolute atomic E-state index is 12.4. The summed E-state index contributed by atoms with van der Waals surface area (Å²) in [5.74, 6) is 0.691. The summed E-state index contributed by atoms with van der Waals surface area (Å²) in [6.07, 6.45) is 5.08. The zero-order valence-electron chi connectivity index (χ0n) is 20.0. The highest BCUT2D eigenvalue weighted by molar-refractivity contribution is 6.31. The van der Waals surface area contributed by atoms with Gasteiger partial charge in [0.2, 0.25) is 0 Å². The fourth-order valence-electron chi connectivity index (χ4n) is 5.59. The van der Waals surface area contributed by atoms with Gasteiger partial charge in [0, 0.05) is 24.7 Å². The van der Waals surface area contributed by atoms with Crippen LogP contribution in [0.2, 0.25) is 5.02 Å². The van der Waals surface area contributed by atoms with Crippen LogP contribution in [0.15, 0.2) is 66.7 Å². The van der Waals surface area contributed by atoms with Crippen LogP contribution in [0.5, 0.6) is 0 Å². The second-order valence-corrected chi connectivity index (χ2v) is 10.3. The molecular weight excluding hydrogens is 441 g/mol. The van der Waals surface area contributed by atoms with E-state index in [1.165, 1.54) is 39.0 Å². The summed E-state index contributed by atoms with van der Waals surface area (Å²) in [5, 5.41) is 0.823. The summed E-state index contributed by atoms with van der Waals surface area (Å²) in [6.45, 7) is 4.97. The first-order valence-electron chi connectivity index (χ1n) is 12.6. The van der Waals surface area contributed by atoms with Crippen LogP contribution >= 0.6 is 11.6 Å². The summed E-state index contributed by atoms with van der Waals surface area (Å²) in [4.78, 5) is 2.37. The van der Waals surface area contributed by atoms with E-state index in [4.69, 9.17) is 11.6 Å². The lowest BCUT2D eigenvalue weighted by Crippen LogP contribution is -2.47. The van der Waals surface area contributed by atoms with E-state index < -0.39 is 0 Å². The van der Waals surface area contributed by atoms with Crippen molar-refractivity contribution < 1.29 is 4.39 Å². The highest BCUT2D eigenvalue weighted by atomic mass is 35.5. The molecule has 0 aromatic heterocycles.